The maximum atomic E-state index is 13.5. The molecule has 0 unspecified atom stereocenters. The van der Waals surface area contributed by atoms with Crippen molar-refractivity contribution in [1.29, 1.82) is 0 Å². The second-order valence-electron chi connectivity index (χ2n) is 9.20. The van der Waals surface area contributed by atoms with Crippen LogP contribution in [-0.2, 0) is 26.2 Å². The molecule has 2 rings (SSSR count). The van der Waals surface area contributed by atoms with Gasteiger partial charge < -0.3 is 10.2 Å². The number of nitrogens with zero attached hydrogens (tertiary/aromatic N) is 2. The first-order valence-electron chi connectivity index (χ1n) is 12.1. The summed E-state index contributed by atoms with van der Waals surface area (Å²) in [6.45, 7) is 6.26. The van der Waals surface area contributed by atoms with Gasteiger partial charge in [0.1, 0.15) is 11.9 Å². The zero-order valence-electron chi connectivity index (χ0n) is 21.5. The number of carbonyl (C=O) groups excluding carboxylic acids is 2. The summed E-state index contributed by atoms with van der Waals surface area (Å²) in [5.41, 5.74) is 0.828. The maximum absolute atomic E-state index is 13.5. The highest BCUT2D eigenvalue weighted by Gasteiger charge is 2.30. The minimum atomic E-state index is -3.67. The van der Waals surface area contributed by atoms with Crippen molar-refractivity contribution in [3.63, 3.8) is 0 Å². The van der Waals surface area contributed by atoms with Gasteiger partial charge in [-0.15, -0.1) is 0 Å². The first-order chi connectivity index (χ1) is 17.3. The lowest BCUT2D eigenvalue weighted by molar-refractivity contribution is -0.141. The molecule has 0 heterocycles. The van der Waals surface area contributed by atoms with Gasteiger partial charge in [0, 0.05) is 41.7 Å². The summed E-state index contributed by atoms with van der Waals surface area (Å²) < 4.78 is 39.2. The summed E-state index contributed by atoms with van der Waals surface area (Å²) in [6, 6.07) is 9.36. The van der Waals surface area contributed by atoms with E-state index in [0.717, 1.165) is 10.6 Å². The highest BCUT2D eigenvalue weighted by Crippen LogP contribution is 2.27. The van der Waals surface area contributed by atoms with E-state index in [-0.39, 0.29) is 43.7 Å². The molecule has 2 aromatic carbocycles. The van der Waals surface area contributed by atoms with Crippen molar-refractivity contribution in [2.45, 2.75) is 52.6 Å². The molecule has 0 radical (unpaired) electrons. The first-order valence-corrected chi connectivity index (χ1v) is 14.7. The number of carbonyl (C=O) groups is 2. The predicted molar refractivity (Wildman–Crippen MR) is 147 cm³/mol. The van der Waals surface area contributed by atoms with Crippen LogP contribution in [0.3, 0.4) is 0 Å². The zero-order valence-corrected chi connectivity index (χ0v) is 23.8. The van der Waals surface area contributed by atoms with Crippen molar-refractivity contribution in [2.24, 2.45) is 5.92 Å². The summed E-state index contributed by atoms with van der Waals surface area (Å²) in [4.78, 5) is 27.9. The van der Waals surface area contributed by atoms with E-state index in [1.807, 2.05) is 20.8 Å². The molecule has 11 heteroatoms. The Hall–Kier alpha value is -2.36. The van der Waals surface area contributed by atoms with Crippen molar-refractivity contribution in [1.82, 2.24) is 10.2 Å². The molecule has 0 aliphatic heterocycles. The number of rotatable bonds is 13. The first kappa shape index (κ1) is 30.9. The third-order valence-electron chi connectivity index (χ3n) is 5.73. The monoisotopic (exact) mass is 573 g/mol. The molecular formula is C26H34Cl2FN3O4S. The number of halogens is 3. The van der Waals surface area contributed by atoms with Gasteiger partial charge in [-0.1, -0.05) is 50.0 Å². The normalized spacial score (nSPS) is 12.3. The fraction of sp³-hybridized carbons (Fsp3) is 0.462. The van der Waals surface area contributed by atoms with Crippen LogP contribution in [0.2, 0.25) is 10.0 Å². The molecule has 0 aromatic heterocycles. The van der Waals surface area contributed by atoms with Crippen molar-refractivity contribution < 1.29 is 22.4 Å². The van der Waals surface area contributed by atoms with E-state index in [4.69, 9.17) is 23.2 Å². The fourth-order valence-corrected chi connectivity index (χ4v) is 5.29. The highest BCUT2D eigenvalue weighted by atomic mass is 35.5. The zero-order chi connectivity index (χ0) is 27.8. The van der Waals surface area contributed by atoms with E-state index >= 15 is 0 Å². The third kappa shape index (κ3) is 9.16. The van der Waals surface area contributed by atoms with Crippen LogP contribution in [0.25, 0.3) is 0 Å². The van der Waals surface area contributed by atoms with E-state index in [0.29, 0.717) is 34.3 Å². The molecule has 7 nitrogen and oxygen atoms in total. The average molecular weight is 575 g/mol. The summed E-state index contributed by atoms with van der Waals surface area (Å²) in [5.74, 6) is -0.869. The van der Waals surface area contributed by atoms with Crippen LogP contribution in [0.4, 0.5) is 10.1 Å². The van der Waals surface area contributed by atoms with Crippen LogP contribution in [0, 0.1) is 11.7 Å². The van der Waals surface area contributed by atoms with Gasteiger partial charge >= 0.3 is 0 Å². The topological polar surface area (TPSA) is 86.8 Å². The second-order valence-corrected chi connectivity index (χ2v) is 11.9. The van der Waals surface area contributed by atoms with Gasteiger partial charge in [-0.05, 0) is 55.2 Å². The Labute approximate surface area is 229 Å². The lowest BCUT2D eigenvalue weighted by atomic mass is 10.1. The Balaban J connectivity index is 2.26. The minimum Gasteiger partial charge on any atom is -0.354 e. The fourth-order valence-electron chi connectivity index (χ4n) is 3.81. The molecule has 2 aromatic rings. The van der Waals surface area contributed by atoms with E-state index in [1.165, 1.54) is 29.2 Å². The quantitative estimate of drug-likeness (QED) is 0.354. The van der Waals surface area contributed by atoms with Crippen molar-refractivity contribution in [2.75, 3.05) is 23.7 Å². The van der Waals surface area contributed by atoms with Crippen LogP contribution >= 0.6 is 23.2 Å². The van der Waals surface area contributed by atoms with Gasteiger partial charge in [0.05, 0.1) is 11.9 Å². The number of hydrogen-bond acceptors (Lipinski definition) is 4. The van der Waals surface area contributed by atoms with Gasteiger partial charge in [-0.3, -0.25) is 13.9 Å². The number of sulfonamides is 1. The molecule has 0 fully saturated rings. The van der Waals surface area contributed by atoms with Gasteiger partial charge in [-0.2, -0.15) is 0 Å². The summed E-state index contributed by atoms with van der Waals surface area (Å²) in [7, 11) is -3.67. The van der Waals surface area contributed by atoms with E-state index < -0.39 is 21.9 Å². The molecule has 0 aliphatic carbocycles. The number of amides is 2. The molecule has 204 valence electrons. The van der Waals surface area contributed by atoms with Crippen LogP contribution in [-0.4, -0.2) is 50.5 Å². The molecule has 0 bridgehead atoms. The SMILES string of the molecule is CC[C@@H](C(=O)NCC(C)C)N(Cc1c(Cl)cccc1Cl)C(=O)CCCN(c1ccc(F)cc1)S(C)(=O)=O. The summed E-state index contributed by atoms with van der Waals surface area (Å²) in [6.07, 6.45) is 1.57. The Morgan fingerprint density at radius 1 is 1.05 bits per heavy atom. The Morgan fingerprint density at radius 2 is 1.65 bits per heavy atom. The second kappa shape index (κ2) is 14.0. The summed E-state index contributed by atoms with van der Waals surface area (Å²) in [5, 5.41) is 3.64. The van der Waals surface area contributed by atoms with Crippen LogP contribution in [0.15, 0.2) is 42.5 Å². The van der Waals surface area contributed by atoms with Crippen LogP contribution < -0.4 is 9.62 Å². The molecule has 37 heavy (non-hydrogen) atoms. The minimum absolute atomic E-state index is 0.00718. The molecule has 0 saturated carbocycles. The maximum Gasteiger partial charge on any atom is 0.242 e. The molecule has 2 amide bonds. The molecule has 0 aliphatic rings. The number of hydrogen-bond donors (Lipinski definition) is 1. The van der Waals surface area contributed by atoms with Gasteiger partial charge in [0.25, 0.3) is 0 Å². The summed E-state index contributed by atoms with van der Waals surface area (Å²) >= 11 is 12.7. The number of nitrogens with one attached hydrogen (secondary N) is 1. The molecule has 1 atom stereocenters. The molecular weight excluding hydrogens is 540 g/mol. The van der Waals surface area contributed by atoms with E-state index in [9.17, 15) is 22.4 Å². The van der Waals surface area contributed by atoms with E-state index in [1.54, 1.807) is 18.2 Å². The smallest absolute Gasteiger partial charge is 0.242 e. The predicted octanol–water partition coefficient (Wildman–Crippen LogP) is 5.26. The highest BCUT2D eigenvalue weighted by molar-refractivity contribution is 7.92. The number of benzene rings is 2. The van der Waals surface area contributed by atoms with Gasteiger partial charge in [0.2, 0.25) is 21.8 Å². The molecule has 0 saturated heterocycles. The lowest BCUT2D eigenvalue weighted by Gasteiger charge is -2.32. The van der Waals surface area contributed by atoms with Gasteiger partial charge in [0.15, 0.2) is 0 Å². The standard InChI is InChI=1S/C26H34Cl2FN3O4S/c1-5-24(26(34)30-16-18(2)3)31(17-21-22(27)8-6-9-23(21)28)25(33)10-7-15-32(37(4,35)36)20-13-11-19(29)12-14-20/h6,8-9,11-14,18,24H,5,7,10,15-17H2,1-4H3,(H,30,34)/t24-/m0/s1. The molecule has 1 N–H and O–H groups in total. The van der Waals surface area contributed by atoms with E-state index in [2.05, 4.69) is 5.32 Å². The van der Waals surface area contributed by atoms with Crippen molar-refractivity contribution >= 4 is 50.7 Å². The Kier molecular flexibility index (Phi) is 11.7. The van der Waals surface area contributed by atoms with Crippen molar-refractivity contribution in [3.8, 4) is 0 Å². The van der Waals surface area contributed by atoms with Gasteiger partial charge in [-0.25, -0.2) is 12.8 Å². The lowest BCUT2D eigenvalue weighted by Crippen LogP contribution is -2.49. The molecule has 0 spiro atoms. The Bertz CT molecular complexity index is 1160. The van der Waals surface area contributed by atoms with Crippen LogP contribution in [0.5, 0.6) is 0 Å². The number of anilines is 1. The Morgan fingerprint density at radius 3 is 2.16 bits per heavy atom. The van der Waals surface area contributed by atoms with Crippen LogP contribution in [0.1, 0.15) is 45.6 Å². The largest absolute Gasteiger partial charge is 0.354 e. The van der Waals surface area contributed by atoms with Crippen molar-refractivity contribution in [3.05, 3.63) is 63.9 Å². The average Bonchev–Trinajstić information content (AvgIpc) is 2.82. The third-order valence-corrected chi connectivity index (χ3v) is 7.63.